The van der Waals surface area contributed by atoms with Gasteiger partial charge in [-0.3, -0.25) is 4.79 Å². The monoisotopic (exact) mass is 427 g/mol. The molecule has 1 aromatic heterocycles. The summed E-state index contributed by atoms with van der Waals surface area (Å²) in [4.78, 5) is 33.6. The molecule has 2 N–H and O–H groups in total. The van der Waals surface area contributed by atoms with Crippen LogP contribution in [-0.4, -0.2) is 27.9 Å². The maximum Gasteiger partial charge on any atom is 0.339 e. The van der Waals surface area contributed by atoms with Crippen LogP contribution in [0.1, 0.15) is 35.3 Å². The molecule has 32 heavy (non-hydrogen) atoms. The number of para-hydroxylation sites is 3. The van der Waals surface area contributed by atoms with Crippen LogP contribution in [0.15, 0.2) is 66.7 Å². The molecule has 0 aliphatic heterocycles. The van der Waals surface area contributed by atoms with Crippen LogP contribution in [0, 0.1) is 6.92 Å². The summed E-state index contributed by atoms with van der Waals surface area (Å²) in [6, 6.07) is 20.6. The first-order valence-corrected chi connectivity index (χ1v) is 10.6. The number of H-pyrrole nitrogens is 1. The number of esters is 1. The number of nitrogens with zero attached hydrogens (tertiary/aromatic N) is 1. The molecule has 0 saturated heterocycles. The number of benzene rings is 3. The first-order chi connectivity index (χ1) is 15.5. The van der Waals surface area contributed by atoms with Gasteiger partial charge in [-0.25, -0.2) is 9.78 Å². The number of amides is 1. The summed E-state index contributed by atoms with van der Waals surface area (Å²) < 4.78 is 5.53. The first kappa shape index (κ1) is 21.3. The minimum atomic E-state index is -0.962. The van der Waals surface area contributed by atoms with Crippen LogP contribution in [-0.2, 0) is 16.0 Å². The van der Waals surface area contributed by atoms with E-state index in [4.69, 9.17) is 4.74 Å². The molecule has 0 radical (unpaired) electrons. The highest BCUT2D eigenvalue weighted by Gasteiger charge is 2.23. The molecular weight excluding hydrogens is 402 g/mol. The van der Waals surface area contributed by atoms with Gasteiger partial charge in [0.25, 0.3) is 5.91 Å². The van der Waals surface area contributed by atoms with Crippen LogP contribution in [0.2, 0.25) is 0 Å². The van der Waals surface area contributed by atoms with Crippen LogP contribution in [0.4, 0.5) is 5.69 Å². The third-order valence-corrected chi connectivity index (χ3v) is 5.43. The van der Waals surface area contributed by atoms with Crippen molar-refractivity contribution in [3.05, 3.63) is 83.4 Å². The molecule has 3 aromatic carbocycles. The van der Waals surface area contributed by atoms with E-state index in [1.54, 1.807) is 25.1 Å². The first-order valence-electron chi connectivity index (χ1n) is 10.6. The molecule has 0 aliphatic carbocycles. The molecule has 0 spiro atoms. The number of hydrogen-bond acceptors (Lipinski definition) is 4. The zero-order valence-electron chi connectivity index (χ0n) is 18.3. The summed E-state index contributed by atoms with van der Waals surface area (Å²) in [5.41, 5.74) is 5.42. The second kappa shape index (κ2) is 9.06. The molecule has 1 amide bonds. The molecule has 6 nitrogen and oxygen atoms in total. The van der Waals surface area contributed by atoms with Crippen LogP contribution in [0.5, 0.6) is 0 Å². The van der Waals surface area contributed by atoms with Crippen molar-refractivity contribution in [1.82, 2.24) is 9.97 Å². The Balaban J connectivity index is 1.54. The SMILES string of the molecule is CCc1cccc(C)c1NC(=O)C(C)OC(=O)c1ccccc1-c1nc2ccccc2[nH]1. The van der Waals surface area contributed by atoms with Crippen LogP contribution in [0.3, 0.4) is 0 Å². The van der Waals surface area contributed by atoms with E-state index < -0.39 is 12.1 Å². The number of fused-ring (bicyclic) bond motifs is 1. The molecular formula is C26H25N3O3. The number of carbonyl (C=O) groups is 2. The van der Waals surface area contributed by atoms with Crippen LogP contribution >= 0.6 is 0 Å². The quantitative estimate of drug-likeness (QED) is 0.410. The molecule has 0 bridgehead atoms. The van der Waals surface area contributed by atoms with Gasteiger partial charge in [-0.1, -0.05) is 55.5 Å². The maximum absolute atomic E-state index is 13.0. The lowest BCUT2D eigenvalue weighted by atomic mass is 10.1. The lowest BCUT2D eigenvalue weighted by Crippen LogP contribution is -2.30. The molecule has 0 saturated carbocycles. The Kier molecular flexibility index (Phi) is 6.03. The Hall–Kier alpha value is -3.93. The molecule has 1 atom stereocenters. The normalized spacial score (nSPS) is 11.8. The van der Waals surface area contributed by atoms with Crippen molar-refractivity contribution in [2.45, 2.75) is 33.3 Å². The largest absolute Gasteiger partial charge is 0.449 e. The highest BCUT2D eigenvalue weighted by Crippen LogP contribution is 2.25. The Morgan fingerprint density at radius 2 is 1.78 bits per heavy atom. The van der Waals surface area contributed by atoms with Crippen molar-refractivity contribution in [3.63, 3.8) is 0 Å². The molecule has 6 heteroatoms. The Morgan fingerprint density at radius 1 is 1.03 bits per heavy atom. The number of anilines is 1. The van der Waals surface area contributed by atoms with Gasteiger partial charge in [-0.2, -0.15) is 0 Å². The van der Waals surface area contributed by atoms with Gasteiger partial charge in [-0.05, 0) is 49.6 Å². The summed E-state index contributed by atoms with van der Waals surface area (Å²) in [5.74, 6) is -0.379. The number of ether oxygens (including phenoxy) is 1. The van der Waals surface area contributed by atoms with E-state index in [1.165, 1.54) is 0 Å². The van der Waals surface area contributed by atoms with Gasteiger partial charge in [-0.15, -0.1) is 0 Å². The number of aromatic amines is 1. The summed E-state index contributed by atoms with van der Waals surface area (Å²) in [6.07, 6.45) is -0.174. The van der Waals surface area contributed by atoms with Gasteiger partial charge >= 0.3 is 5.97 Å². The van der Waals surface area contributed by atoms with Crippen molar-refractivity contribution >= 4 is 28.6 Å². The van der Waals surface area contributed by atoms with Crippen molar-refractivity contribution in [1.29, 1.82) is 0 Å². The van der Waals surface area contributed by atoms with E-state index in [2.05, 4.69) is 15.3 Å². The van der Waals surface area contributed by atoms with E-state index in [1.807, 2.05) is 62.4 Å². The molecule has 1 heterocycles. The molecule has 0 fully saturated rings. The average molecular weight is 428 g/mol. The zero-order chi connectivity index (χ0) is 22.7. The number of carbonyl (C=O) groups excluding carboxylic acids is 2. The summed E-state index contributed by atoms with van der Waals surface area (Å²) in [7, 11) is 0. The zero-order valence-corrected chi connectivity index (χ0v) is 18.3. The highest BCUT2D eigenvalue weighted by atomic mass is 16.5. The number of rotatable bonds is 6. The summed E-state index contributed by atoms with van der Waals surface area (Å²) in [6.45, 7) is 5.54. The fraction of sp³-hybridized carbons (Fsp3) is 0.192. The molecule has 0 aliphatic rings. The van der Waals surface area contributed by atoms with E-state index in [0.717, 1.165) is 34.3 Å². The second-order valence-corrected chi connectivity index (χ2v) is 7.65. The van der Waals surface area contributed by atoms with Gasteiger partial charge < -0.3 is 15.0 Å². The predicted octanol–water partition coefficient (Wildman–Crippen LogP) is 5.28. The number of imidazole rings is 1. The average Bonchev–Trinajstić information content (AvgIpc) is 3.24. The Morgan fingerprint density at radius 3 is 2.56 bits per heavy atom. The molecule has 4 rings (SSSR count). The van der Waals surface area contributed by atoms with Gasteiger partial charge in [0.2, 0.25) is 0 Å². The van der Waals surface area contributed by atoms with Crippen molar-refractivity contribution < 1.29 is 14.3 Å². The molecule has 1 unspecified atom stereocenters. The second-order valence-electron chi connectivity index (χ2n) is 7.65. The smallest absolute Gasteiger partial charge is 0.339 e. The van der Waals surface area contributed by atoms with Crippen molar-refractivity contribution in [2.24, 2.45) is 0 Å². The topological polar surface area (TPSA) is 84.1 Å². The maximum atomic E-state index is 13.0. The van der Waals surface area contributed by atoms with Crippen LogP contribution < -0.4 is 5.32 Å². The lowest BCUT2D eigenvalue weighted by Gasteiger charge is -2.17. The minimum Gasteiger partial charge on any atom is -0.449 e. The van der Waals surface area contributed by atoms with E-state index >= 15 is 0 Å². The summed E-state index contributed by atoms with van der Waals surface area (Å²) in [5, 5.41) is 2.92. The van der Waals surface area contributed by atoms with Gasteiger partial charge in [0.15, 0.2) is 6.10 Å². The minimum absolute atomic E-state index is 0.344. The van der Waals surface area contributed by atoms with Crippen LogP contribution in [0.25, 0.3) is 22.4 Å². The fourth-order valence-corrected chi connectivity index (χ4v) is 3.65. The Labute approximate surface area is 186 Å². The molecule has 162 valence electrons. The van der Waals surface area contributed by atoms with Crippen molar-refractivity contribution in [2.75, 3.05) is 5.32 Å². The lowest BCUT2D eigenvalue weighted by molar-refractivity contribution is -0.123. The van der Waals surface area contributed by atoms with Gasteiger partial charge in [0.1, 0.15) is 5.82 Å². The third-order valence-electron chi connectivity index (χ3n) is 5.43. The number of aryl methyl sites for hydroxylation is 2. The van der Waals surface area contributed by atoms with E-state index in [-0.39, 0.29) is 5.91 Å². The van der Waals surface area contributed by atoms with Gasteiger partial charge in [0.05, 0.1) is 16.6 Å². The van der Waals surface area contributed by atoms with E-state index in [0.29, 0.717) is 17.0 Å². The number of hydrogen-bond donors (Lipinski definition) is 2. The number of nitrogens with one attached hydrogen (secondary N) is 2. The Bertz CT molecular complexity index is 1260. The van der Waals surface area contributed by atoms with Crippen molar-refractivity contribution in [3.8, 4) is 11.4 Å². The fourth-order valence-electron chi connectivity index (χ4n) is 3.65. The highest BCUT2D eigenvalue weighted by molar-refractivity contribution is 6.01. The summed E-state index contributed by atoms with van der Waals surface area (Å²) >= 11 is 0. The van der Waals surface area contributed by atoms with E-state index in [9.17, 15) is 9.59 Å². The predicted molar refractivity (Wildman–Crippen MR) is 126 cm³/mol. The standard InChI is InChI=1S/C26H25N3O3/c1-4-18-11-9-10-16(2)23(18)29-25(30)17(3)32-26(31)20-13-6-5-12-19(20)24-27-21-14-7-8-15-22(21)28-24/h5-15,17H,4H2,1-3H3,(H,27,28)(H,29,30). The number of aromatic nitrogens is 2. The molecule has 4 aromatic rings. The third kappa shape index (κ3) is 4.25. The van der Waals surface area contributed by atoms with Gasteiger partial charge in [0, 0.05) is 11.3 Å².